The molecule has 0 radical (unpaired) electrons. The molecule has 3 aromatic heterocycles. The van der Waals surface area contributed by atoms with Crippen LogP contribution in [0.5, 0.6) is 0 Å². The molecule has 0 N–H and O–H groups in total. The van der Waals surface area contributed by atoms with Gasteiger partial charge in [-0.1, -0.05) is 0 Å². The van der Waals surface area contributed by atoms with Crippen molar-refractivity contribution in [1.82, 2.24) is 19.9 Å². The third-order valence-corrected chi connectivity index (χ3v) is 4.01. The van der Waals surface area contributed by atoms with E-state index in [0.29, 0.717) is 32.8 Å². The zero-order valence-electron chi connectivity index (χ0n) is 13.9. The summed E-state index contributed by atoms with van der Waals surface area (Å²) in [5, 5.41) is 1.34. The van der Waals surface area contributed by atoms with Gasteiger partial charge >= 0.3 is 11.9 Å². The Hall–Kier alpha value is -3.68. The maximum Gasteiger partial charge on any atom is 0.356 e. The second-order valence-electron chi connectivity index (χ2n) is 5.42. The van der Waals surface area contributed by atoms with Gasteiger partial charge in [-0.05, 0) is 24.3 Å². The quantitative estimate of drug-likeness (QED) is 0.401. The standard InChI is InChI=1S/C18H12N4O4/c1-25-17(23)11-5-3-9-13-14(20-8-7-19-13)10-4-6-12(18(24)26-2)22-16(10)15(9)21-11/h3-8H,1-2H3. The third kappa shape index (κ3) is 2.31. The predicted molar refractivity (Wildman–Crippen MR) is 92.8 cm³/mol. The molecule has 0 aliphatic heterocycles. The van der Waals surface area contributed by atoms with Gasteiger partial charge in [0.05, 0.1) is 36.3 Å². The lowest BCUT2D eigenvalue weighted by Crippen LogP contribution is -2.06. The fourth-order valence-electron chi connectivity index (χ4n) is 2.83. The number of pyridine rings is 2. The minimum atomic E-state index is -0.566. The Morgan fingerprint density at radius 1 is 0.692 bits per heavy atom. The van der Waals surface area contributed by atoms with Crippen LogP contribution in [0.15, 0.2) is 36.7 Å². The number of carbonyl (C=O) groups is 2. The van der Waals surface area contributed by atoms with E-state index < -0.39 is 11.9 Å². The summed E-state index contributed by atoms with van der Waals surface area (Å²) in [5.41, 5.74) is 2.39. The lowest BCUT2D eigenvalue weighted by Gasteiger charge is -2.09. The minimum Gasteiger partial charge on any atom is -0.464 e. The Morgan fingerprint density at radius 2 is 1.12 bits per heavy atom. The van der Waals surface area contributed by atoms with Crippen molar-refractivity contribution in [2.45, 2.75) is 0 Å². The van der Waals surface area contributed by atoms with E-state index >= 15 is 0 Å². The van der Waals surface area contributed by atoms with Gasteiger partial charge in [0, 0.05) is 23.2 Å². The first-order valence-corrected chi connectivity index (χ1v) is 7.65. The number of ether oxygens (including phenoxy) is 2. The molecule has 0 bridgehead atoms. The fraction of sp³-hybridized carbons (Fsp3) is 0.111. The summed E-state index contributed by atoms with van der Waals surface area (Å²) in [7, 11) is 2.57. The van der Waals surface area contributed by atoms with Crippen LogP contribution < -0.4 is 0 Å². The highest BCUT2D eigenvalue weighted by Crippen LogP contribution is 2.31. The molecule has 0 spiro atoms. The Morgan fingerprint density at radius 3 is 1.50 bits per heavy atom. The number of hydrogen-bond donors (Lipinski definition) is 0. The van der Waals surface area contributed by atoms with Crippen LogP contribution in [0.4, 0.5) is 0 Å². The summed E-state index contributed by atoms with van der Waals surface area (Å²) < 4.78 is 9.48. The average molecular weight is 348 g/mol. The van der Waals surface area contributed by atoms with Gasteiger partial charge in [0.25, 0.3) is 0 Å². The van der Waals surface area contributed by atoms with E-state index in [9.17, 15) is 9.59 Å². The summed E-state index contributed by atoms with van der Waals surface area (Å²) in [6, 6.07) is 6.55. The fourth-order valence-corrected chi connectivity index (χ4v) is 2.83. The second-order valence-corrected chi connectivity index (χ2v) is 5.42. The highest BCUT2D eigenvalue weighted by atomic mass is 16.5. The largest absolute Gasteiger partial charge is 0.464 e. The molecule has 0 aliphatic carbocycles. The number of carbonyl (C=O) groups excluding carboxylic acids is 2. The molecule has 3 heterocycles. The number of benzene rings is 1. The Bertz CT molecular complexity index is 1110. The topological polar surface area (TPSA) is 104 Å². The monoisotopic (exact) mass is 348 g/mol. The van der Waals surface area contributed by atoms with Gasteiger partial charge in [-0.3, -0.25) is 9.97 Å². The first kappa shape index (κ1) is 15.8. The molecule has 0 saturated heterocycles. The van der Waals surface area contributed by atoms with E-state index in [1.807, 2.05) is 0 Å². The summed E-state index contributed by atoms with van der Waals surface area (Å²) >= 11 is 0. The SMILES string of the molecule is COC(=O)c1ccc2c3nccnc3c3ccc(C(=O)OC)nc3c2n1. The first-order valence-electron chi connectivity index (χ1n) is 7.65. The molecule has 1 aromatic carbocycles. The first-order chi connectivity index (χ1) is 12.6. The number of rotatable bonds is 2. The van der Waals surface area contributed by atoms with E-state index in [-0.39, 0.29) is 11.4 Å². The molecule has 26 heavy (non-hydrogen) atoms. The van der Waals surface area contributed by atoms with E-state index in [1.54, 1.807) is 36.7 Å². The minimum absolute atomic E-state index is 0.134. The average Bonchev–Trinajstić information content (AvgIpc) is 2.71. The summed E-state index contributed by atoms with van der Waals surface area (Å²) in [5.74, 6) is -1.13. The van der Waals surface area contributed by atoms with Crippen molar-refractivity contribution in [2.75, 3.05) is 14.2 Å². The summed E-state index contributed by atoms with van der Waals surface area (Å²) in [6.45, 7) is 0. The van der Waals surface area contributed by atoms with Gasteiger partial charge in [0.1, 0.15) is 11.4 Å². The van der Waals surface area contributed by atoms with Gasteiger partial charge in [-0.25, -0.2) is 19.6 Å². The Balaban J connectivity index is 2.19. The van der Waals surface area contributed by atoms with Crippen LogP contribution in [0, 0.1) is 0 Å². The van der Waals surface area contributed by atoms with Gasteiger partial charge in [0.15, 0.2) is 0 Å². The van der Waals surface area contributed by atoms with Crippen molar-refractivity contribution in [3.05, 3.63) is 48.0 Å². The number of methoxy groups -OCH3 is 2. The highest BCUT2D eigenvalue weighted by molar-refractivity contribution is 6.21. The lowest BCUT2D eigenvalue weighted by molar-refractivity contribution is 0.0585. The van der Waals surface area contributed by atoms with Crippen LogP contribution in [0.25, 0.3) is 32.8 Å². The van der Waals surface area contributed by atoms with Crippen LogP contribution in [0.1, 0.15) is 21.0 Å². The normalized spacial score (nSPS) is 11.0. The Labute approximate surface area is 146 Å². The van der Waals surface area contributed by atoms with Gasteiger partial charge in [-0.2, -0.15) is 0 Å². The van der Waals surface area contributed by atoms with Crippen LogP contribution in [0.2, 0.25) is 0 Å². The maximum atomic E-state index is 11.9. The van der Waals surface area contributed by atoms with Crippen LogP contribution >= 0.6 is 0 Å². The third-order valence-electron chi connectivity index (χ3n) is 4.01. The number of aromatic nitrogens is 4. The number of nitrogens with zero attached hydrogens (tertiary/aromatic N) is 4. The summed E-state index contributed by atoms with van der Waals surface area (Å²) in [4.78, 5) is 41.3. The molecule has 0 amide bonds. The molecule has 0 fully saturated rings. The van der Waals surface area contributed by atoms with E-state index in [2.05, 4.69) is 19.9 Å². The van der Waals surface area contributed by atoms with Crippen molar-refractivity contribution in [3.63, 3.8) is 0 Å². The van der Waals surface area contributed by atoms with Crippen molar-refractivity contribution in [3.8, 4) is 0 Å². The zero-order valence-corrected chi connectivity index (χ0v) is 13.9. The summed E-state index contributed by atoms with van der Waals surface area (Å²) in [6.07, 6.45) is 3.16. The van der Waals surface area contributed by atoms with Crippen molar-refractivity contribution >= 4 is 44.8 Å². The van der Waals surface area contributed by atoms with Crippen LogP contribution in [-0.4, -0.2) is 46.1 Å². The van der Waals surface area contributed by atoms with Gasteiger partial charge in [-0.15, -0.1) is 0 Å². The molecule has 0 saturated carbocycles. The van der Waals surface area contributed by atoms with Crippen molar-refractivity contribution in [2.24, 2.45) is 0 Å². The maximum absolute atomic E-state index is 11.9. The molecular formula is C18H12N4O4. The number of esters is 2. The van der Waals surface area contributed by atoms with Crippen molar-refractivity contribution < 1.29 is 19.1 Å². The second kappa shape index (κ2) is 5.99. The molecule has 8 heteroatoms. The molecule has 0 aliphatic rings. The van der Waals surface area contributed by atoms with Crippen LogP contribution in [-0.2, 0) is 9.47 Å². The van der Waals surface area contributed by atoms with E-state index in [1.165, 1.54) is 14.2 Å². The number of hydrogen-bond acceptors (Lipinski definition) is 8. The predicted octanol–water partition coefficient (Wildman–Crippen LogP) is 2.30. The highest BCUT2D eigenvalue weighted by Gasteiger charge is 2.17. The molecular weight excluding hydrogens is 336 g/mol. The number of fused-ring (bicyclic) bond motifs is 6. The van der Waals surface area contributed by atoms with E-state index in [0.717, 1.165) is 0 Å². The van der Waals surface area contributed by atoms with Crippen molar-refractivity contribution in [1.29, 1.82) is 0 Å². The molecule has 0 atom stereocenters. The smallest absolute Gasteiger partial charge is 0.356 e. The lowest BCUT2D eigenvalue weighted by atomic mass is 10.1. The molecule has 4 rings (SSSR count). The zero-order chi connectivity index (χ0) is 18.3. The molecule has 128 valence electrons. The molecule has 0 unspecified atom stereocenters. The van der Waals surface area contributed by atoms with Crippen LogP contribution in [0.3, 0.4) is 0 Å². The Kier molecular flexibility index (Phi) is 3.65. The molecule has 8 nitrogen and oxygen atoms in total. The van der Waals surface area contributed by atoms with E-state index in [4.69, 9.17) is 9.47 Å². The molecule has 4 aromatic rings. The van der Waals surface area contributed by atoms with Gasteiger partial charge in [0.2, 0.25) is 0 Å². The van der Waals surface area contributed by atoms with Gasteiger partial charge < -0.3 is 9.47 Å².